The number of nitrogens with one attached hydrogen (secondary N) is 2. The largest absolute Gasteiger partial charge is 0.370 e. The van der Waals surface area contributed by atoms with Crippen LogP contribution in [-0.4, -0.2) is 39.5 Å². The van der Waals surface area contributed by atoms with Gasteiger partial charge in [-0.05, 0) is 26.2 Å². The highest BCUT2D eigenvalue weighted by Gasteiger charge is 2.21. The molecule has 0 bridgehead atoms. The number of carbonyl (C=O) groups excluding carboxylic acids is 1. The molecule has 1 aromatic rings. The van der Waals surface area contributed by atoms with Gasteiger partial charge in [-0.3, -0.25) is 9.89 Å². The summed E-state index contributed by atoms with van der Waals surface area (Å²) in [5.74, 6) is 1.12. The van der Waals surface area contributed by atoms with Gasteiger partial charge in [0.1, 0.15) is 6.10 Å². The summed E-state index contributed by atoms with van der Waals surface area (Å²) in [5.41, 5.74) is 0. The first-order valence-corrected chi connectivity index (χ1v) is 7.63. The van der Waals surface area contributed by atoms with Gasteiger partial charge in [0.2, 0.25) is 11.1 Å². The summed E-state index contributed by atoms with van der Waals surface area (Å²) in [4.78, 5) is 16.0. The number of nitrogens with zero attached hydrogens (tertiary/aromatic N) is 2. The summed E-state index contributed by atoms with van der Waals surface area (Å²) in [6, 6.07) is 0.211. The molecule has 0 saturated carbocycles. The Labute approximate surface area is 117 Å². The van der Waals surface area contributed by atoms with E-state index >= 15 is 0 Å². The zero-order chi connectivity index (χ0) is 13.7. The Morgan fingerprint density at radius 2 is 2.53 bits per heavy atom. The fraction of sp³-hybridized carbons (Fsp3) is 0.750. The average molecular weight is 284 g/mol. The molecular weight excluding hydrogens is 264 g/mol. The van der Waals surface area contributed by atoms with Crippen molar-refractivity contribution in [1.82, 2.24) is 20.5 Å². The Morgan fingerprint density at radius 3 is 3.21 bits per heavy atom. The third-order valence-corrected chi connectivity index (χ3v) is 3.92. The van der Waals surface area contributed by atoms with Gasteiger partial charge in [-0.25, -0.2) is 4.98 Å². The van der Waals surface area contributed by atoms with Crippen molar-refractivity contribution in [3.8, 4) is 0 Å². The van der Waals surface area contributed by atoms with E-state index in [1.54, 1.807) is 0 Å². The van der Waals surface area contributed by atoms with E-state index in [1.807, 2.05) is 13.8 Å². The first kappa shape index (κ1) is 14.3. The molecule has 2 heterocycles. The second kappa shape index (κ2) is 6.91. The first-order valence-electron chi connectivity index (χ1n) is 6.65. The van der Waals surface area contributed by atoms with Crippen LogP contribution in [0.15, 0.2) is 5.16 Å². The van der Waals surface area contributed by atoms with Crippen molar-refractivity contribution in [1.29, 1.82) is 0 Å². The van der Waals surface area contributed by atoms with Crippen molar-refractivity contribution in [2.24, 2.45) is 0 Å². The predicted molar refractivity (Wildman–Crippen MR) is 72.9 cm³/mol. The van der Waals surface area contributed by atoms with Crippen molar-refractivity contribution in [3.63, 3.8) is 0 Å². The molecule has 1 aromatic heterocycles. The van der Waals surface area contributed by atoms with E-state index in [2.05, 4.69) is 20.5 Å². The van der Waals surface area contributed by atoms with Crippen molar-refractivity contribution >= 4 is 17.7 Å². The molecule has 106 valence electrons. The smallest absolute Gasteiger partial charge is 0.230 e. The Bertz CT molecular complexity index is 418. The highest BCUT2D eigenvalue weighted by atomic mass is 32.2. The maximum Gasteiger partial charge on any atom is 0.230 e. The Balaban J connectivity index is 1.78. The highest BCUT2D eigenvalue weighted by Crippen LogP contribution is 2.26. The fourth-order valence-corrected chi connectivity index (χ4v) is 2.43. The van der Waals surface area contributed by atoms with Gasteiger partial charge in [-0.1, -0.05) is 18.7 Å². The zero-order valence-electron chi connectivity index (χ0n) is 11.3. The minimum atomic E-state index is 0.0165. The number of carbonyl (C=O) groups is 1. The molecule has 1 amide bonds. The molecule has 2 N–H and O–H groups in total. The van der Waals surface area contributed by atoms with E-state index in [-0.39, 0.29) is 18.1 Å². The van der Waals surface area contributed by atoms with Crippen LogP contribution in [0.3, 0.4) is 0 Å². The third-order valence-electron chi connectivity index (χ3n) is 3.07. The number of aromatic nitrogens is 3. The van der Waals surface area contributed by atoms with E-state index in [9.17, 15) is 4.79 Å². The molecule has 2 atom stereocenters. The van der Waals surface area contributed by atoms with Gasteiger partial charge >= 0.3 is 0 Å². The number of aromatic amines is 1. The Morgan fingerprint density at radius 1 is 1.68 bits per heavy atom. The first-order chi connectivity index (χ1) is 9.19. The lowest BCUT2D eigenvalue weighted by Gasteiger charge is -2.09. The molecule has 1 aliphatic rings. The van der Waals surface area contributed by atoms with Crippen molar-refractivity contribution < 1.29 is 9.53 Å². The van der Waals surface area contributed by atoms with Crippen LogP contribution < -0.4 is 5.32 Å². The molecular formula is C12H20N4O2S. The second-order valence-corrected chi connectivity index (χ2v) is 5.61. The molecule has 0 unspecified atom stereocenters. The van der Waals surface area contributed by atoms with E-state index in [0.717, 1.165) is 31.7 Å². The molecule has 0 radical (unpaired) electrons. The van der Waals surface area contributed by atoms with Crippen molar-refractivity contribution in [2.45, 2.75) is 50.4 Å². The SMILES string of the molecule is CC[C@H](C)NC(=O)CSc1n[nH]c([C@H]2CCCO2)n1. The molecule has 1 fully saturated rings. The summed E-state index contributed by atoms with van der Waals surface area (Å²) >= 11 is 1.34. The van der Waals surface area contributed by atoms with Gasteiger partial charge in [-0.2, -0.15) is 0 Å². The van der Waals surface area contributed by atoms with Gasteiger partial charge in [-0.15, -0.1) is 5.10 Å². The Kier molecular flexibility index (Phi) is 5.21. The van der Waals surface area contributed by atoms with E-state index in [1.165, 1.54) is 11.8 Å². The minimum absolute atomic E-state index is 0.0165. The summed E-state index contributed by atoms with van der Waals surface area (Å²) < 4.78 is 5.52. The molecule has 1 saturated heterocycles. The van der Waals surface area contributed by atoms with Crippen LogP contribution in [0, 0.1) is 0 Å². The minimum Gasteiger partial charge on any atom is -0.370 e. The van der Waals surface area contributed by atoms with Crippen LogP contribution in [0.25, 0.3) is 0 Å². The number of thioether (sulfide) groups is 1. The predicted octanol–water partition coefficient (Wildman–Crippen LogP) is 1.66. The van der Waals surface area contributed by atoms with Gasteiger partial charge in [0.15, 0.2) is 5.82 Å². The molecule has 6 nitrogen and oxygen atoms in total. The van der Waals surface area contributed by atoms with E-state index in [0.29, 0.717) is 10.9 Å². The van der Waals surface area contributed by atoms with E-state index < -0.39 is 0 Å². The van der Waals surface area contributed by atoms with Crippen molar-refractivity contribution in [3.05, 3.63) is 5.82 Å². The van der Waals surface area contributed by atoms with Gasteiger partial charge in [0, 0.05) is 12.6 Å². The fourth-order valence-electron chi connectivity index (χ4n) is 1.81. The van der Waals surface area contributed by atoms with Crippen LogP contribution >= 0.6 is 11.8 Å². The molecule has 19 heavy (non-hydrogen) atoms. The lowest BCUT2D eigenvalue weighted by Crippen LogP contribution is -2.33. The van der Waals surface area contributed by atoms with Crippen LogP contribution in [0.5, 0.6) is 0 Å². The summed E-state index contributed by atoms with van der Waals surface area (Å²) in [6.45, 7) is 4.82. The van der Waals surface area contributed by atoms with Crippen molar-refractivity contribution in [2.75, 3.05) is 12.4 Å². The molecule has 0 spiro atoms. The summed E-state index contributed by atoms with van der Waals surface area (Å²) in [6.07, 6.45) is 3.01. The average Bonchev–Trinajstić information content (AvgIpc) is 3.06. The normalized spacial score (nSPS) is 20.4. The molecule has 0 aliphatic carbocycles. The number of hydrogen-bond acceptors (Lipinski definition) is 5. The molecule has 1 aliphatic heterocycles. The summed E-state index contributed by atoms with van der Waals surface area (Å²) in [5, 5.41) is 10.5. The third kappa shape index (κ3) is 4.21. The van der Waals surface area contributed by atoms with Crippen LogP contribution in [0.2, 0.25) is 0 Å². The standard InChI is InChI=1S/C12H20N4O2S/c1-3-8(2)13-10(17)7-19-12-14-11(15-16-12)9-5-4-6-18-9/h8-9H,3-7H2,1-2H3,(H,13,17)(H,14,15,16)/t8-,9+/m0/s1. The van der Waals surface area contributed by atoms with Crippen LogP contribution in [0.4, 0.5) is 0 Å². The van der Waals surface area contributed by atoms with Gasteiger partial charge < -0.3 is 10.1 Å². The number of hydrogen-bond donors (Lipinski definition) is 2. The van der Waals surface area contributed by atoms with Crippen LogP contribution in [0.1, 0.15) is 45.0 Å². The zero-order valence-corrected chi connectivity index (χ0v) is 12.1. The maximum atomic E-state index is 11.6. The lowest BCUT2D eigenvalue weighted by atomic mass is 10.2. The van der Waals surface area contributed by atoms with Gasteiger partial charge in [0.25, 0.3) is 0 Å². The monoisotopic (exact) mass is 284 g/mol. The lowest BCUT2D eigenvalue weighted by molar-refractivity contribution is -0.119. The second-order valence-electron chi connectivity index (χ2n) is 4.67. The van der Waals surface area contributed by atoms with Gasteiger partial charge in [0.05, 0.1) is 5.75 Å². The Hall–Kier alpha value is -1.08. The summed E-state index contributed by atoms with van der Waals surface area (Å²) in [7, 11) is 0. The number of rotatable bonds is 6. The number of ether oxygens (including phenoxy) is 1. The van der Waals surface area contributed by atoms with Crippen LogP contribution in [-0.2, 0) is 9.53 Å². The number of amides is 1. The number of H-pyrrole nitrogens is 1. The molecule has 2 rings (SSSR count). The topological polar surface area (TPSA) is 79.9 Å². The van der Waals surface area contributed by atoms with E-state index in [4.69, 9.17) is 4.74 Å². The molecule has 7 heteroatoms. The maximum absolute atomic E-state index is 11.6. The quantitative estimate of drug-likeness (QED) is 0.777. The highest BCUT2D eigenvalue weighted by molar-refractivity contribution is 7.99. The molecule has 0 aromatic carbocycles.